The van der Waals surface area contributed by atoms with E-state index in [4.69, 9.17) is 5.73 Å². The molecule has 4 atom stereocenters. The van der Waals surface area contributed by atoms with Gasteiger partial charge in [-0.05, 0) is 61.7 Å². The number of thioether (sulfide) groups is 2. The highest BCUT2D eigenvalue weighted by Gasteiger charge is 2.39. The average Bonchev–Trinajstić information content (AvgIpc) is 3.34. The van der Waals surface area contributed by atoms with Crippen LogP contribution >= 0.6 is 23.5 Å². The number of carboxylic acid groups (broad SMARTS) is 1. The van der Waals surface area contributed by atoms with Crippen LogP contribution in [-0.4, -0.2) is 88.4 Å². The molecule has 0 bridgehead atoms. The number of hydrogen-bond acceptors (Lipinski definition) is 7. The van der Waals surface area contributed by atoms with Crippen molar-refractivity contribution >= 4 is 47.2 Å². The van der Waals surface area contributed by atoms with Crippen LogP contribution in [0.2, 0.25) is 0 Å². The highest BCUT2D eigenvalue weighted by molar-refractivity contribution is 7.98. The number of benzene rings is 1. The first kappa shape index (κ1) is 29.0. The van der Waals surface area contributed by atoms with E-state index in [0.717, 1.165) is 5.56 Å². The number of carbonyl (C=O) groups is 4. The van der Waals surface area contributed by atoms with E-state index in [2.05, 4.69) is 10.6 Å². The van der Waals surface area contributed by atoms with Crippen LogP contribution < -0.4 is 16.4 Å². The summed E-state index contributed by atoms with van der Waals surface area (Å²) >= 11 is 3.05. The lowest BCUT2D eigenvalue weighted by atomic mass is 10.1. The zero-order chi connectivity index (χ0) is 25.8. The predicted molar refractivity (Wildman–Crippen MR) is 140 cm³/mol. The molecule has 1 aliphatic rings. The van der Waals surface area contributed by atoms with Gasteiger partial charge in [0.15, 0.2) is 0 Å². The van der Waals surface area contributed by atoms with Crippen molar-refractivity contribution in [2.24, 2.45) is 5.73 Å². The number of carbonyl (C=O) groups excluding carboxylic acids is 3. The van der Waals surface area contributed by atoms with Gasteiger partial charge in [0.25, 0.3) is 0 Å². The number of aliphatic carboxylic acids is 1. The molecule has 5 N–H and O–H groups in total. The SMILES string of the molecule is CSCCC(NC(=O)C1CCCN1C(=O)C(CCSC)NC(=O)C(N)Cc1ccccc1)C(=O)O. The third-order valence-corrected chi connectivity index (χ3v) is 7.21. The van der Waals surface area contributed by atoms with Gasteiger partial charge in [-0.1, -0.05) is 30.3 Å². The molecule has 194 valence electrons. The zero-order valence-corrected chi connectivity index (χ0v) is 21.9. The smallest absolute Gasteiger partial charge is 0.326 e. The lowest BCUT2D eigenvalue weighted by Gasteiger charge is -2.30. The summed E-state index contributed by atoms with van der Waals surface area (Å²) in [6.45, 7) is 0.376. The van der Waals surface area contributed by atoms with E-state index in [1.165, 1.54) is 16.7 Å². The molecule has 4 unspecified atom stereocenters. The first-order chi connectivity index (χ1) is 16.8. The van der Waals surface area contributed by atoms with Gasteiger partial charge in [-0.25, -0.2) is 4.79 Å². The molecule has 0 aliphatic carbocycles. The minimum atomic E-state index is -1.10. The lowest BCUT2D eigenvalue weighted by molar-refractivity contribution is -0.145. The maximum Gasteiger partial charge on any atom is 0.326 e. The Balaban J connectivity index is 2.07. The average molecular weight is 525 g/mol. The van der Waals surface area contributed by atoms with E-state index in [-0.39, 0.29) is 5.91 Å². The number of nitrogens with two attached hydrogens (primary N) is 1. The van der Waals surface area contributed by atoms with E-state index < -0.39 is 42.0 Å². The second-order valence-corrected chi connectivity index (χ2v) is 10.5. The minimum absolute atomic E-state index is 0.300. The monoisotopic (exact) mass is 524 g/mol. The number of amides is 3. The molecule has 0 saturated carbocycles. The highest BCUT2D eigenvalue weighted by Crippen LogP contribution is 2.20. The summed E-state index contributed by atoms with van der Waals surface area (Å²) in [5.41, 5.74) is 7.04. The largest absolute Gasteiger partial charge is 0.480 e. The molecule has 11 heteroatoms. The van der Waals surface area contributed by atoms with Gasteiger partial charge in [0.2, 0.25) is 17.7 Å². The van der Waals surface area contributed by atoms with Gasteiger partial charge in [-0.15, -0.1) is 0 Å². The van der Waals surface area contributed by atoms with E-state index in [0.29, 0.717) is 50.2 Å². The summed E-state index contributed by atoms with van der Waals surface area (Å²) in [5, 5.41) is 14.8. The van der Waals surface area contributed by atoms with Crippen molar-refractivity contribution in [1.29, 1.82) is 0 Å². The lowest BCUT2D eigenvalue weighted by Crippen LogP contribution is -2.57. The highest BCUT2D eigenvalue weighted by atomic mass is 32.2. The fourth-order valence-corrected chi connectivity index (χ4v) is 4.94. The van der Waals surface area contributed by atoms with Crippen molar-refractivity contribution in [3.05, 3.63) is 35.9 Å². The molecule has 1 aromatic carbocycles. The molecule has 0 spiro atoms. The maximum absolute atomic E-state index is 13.4. The van der Waals surface area contributed by atoms with Gasteiger partial charge in [0.1, 0.15) is 18.1 Å². The van der Waals surface area contributed by atoms with Crippen LogP contribution in [-0.2, 0) is 25.6 Å². The third kappa shape index (κ3) is 9.05. The minimum Gasteiger partial charge on any atom is -0.480 e. The Labute approximate surface area is 215 Å². The van der Waals surface area contributed by atoms with Gasteiger partial charge in [0, 0.05) is 6.54 Å². The van der Waals surface area contributed by atoms with Crippen molar-refractivity contribution in [3.8, 4) is 0 Å². The summed E-state index contributed by atoms with van der Waals surface area (Å²) < 4.78 is 0. The number of hydrogen-bond donors (Lipinski definition) is 4. The topological polar surface area (TPSA) is 142 Å². The van der Waals surface area contributed by atoms with E-state index >= 15 is 0 Å². The number of nitrogens with one attached hydrogen (secondary N) is 2. The third-order valence-electron chi connectivity index (χ3n) is 5.92. The van der Waals surface area contributed by atoms with Crippen molar-refractivity contribution in [1.82, 2.24) is 15.5 Å². The quantitative estimate of drug-likeness (QED) is 0.284. The molecular formula is C24H36N4O5S2. The van der Waals surface area contributed by atoms with Crippen LogP contribution in [0.4, 0.5) is 0 Å². The second-order valence-electron chi connectivity index (χ2n) is 8.51. The summed E-state index contributed by atoms with van der Waals surface area (Å²) in [7, 11) is 0. The van der Waals surface area contributed by atoms with Crippen LogP contribution in [0.1, 0.15) is 31.2 Å². The molecule has 1 heterocycles. The Hall–Kier alpha value is -2.24. The van der Waals surface area contributed by atoms with E-state index in [9.17, 15) is 24.3 Å². The molecule has 0 radical (unpaired) electrons. The molecule has 35 heavy (non-hydrogen) atoms. The van der Waals surface area contributed by atoms with Crippen molar-refractivity contribution in [3.63, 3.8) is 0 Å². The summed E-state index contributed by atoms with van der Waals surface area (Å²) in [5.74, 6) is -1.09. The zero-order valence-electron chi connectivity index (χ0n) is 20.3. The summed E-state index contributed by atoms with van der Waals surface area (Å²) in [6.07, 6.45) is 5.91. The van der Waals surface area contributed by atoms with E-state index in [1.807, 2.05) is 42.8 Å². The van der Waals surface area contributed by atoms with Crippen LogP contribution in [0.15, 0.2) is 30.3 Å². The van der Waals surface area contributed by atoms with Crippen molar-refractivity contribution in [2.45, 2.75) is 56.3 Å². The van der Waals surface area contributed by atoms with Gasteiger partial charge in [-0.2, -0.15) is 23.5 Å². The summed E-state index contributed by atoms with van der Waals surface area (Å²) in [6, 6.07) is 6.03. The first-order valence-electron chi connectivity index (χ1n) is 11.7. The molecule has 3 amide bonds. The maximum atomic E-state index is 13.4. The number of carboxylic acids is 1. The fourth-order valence-electron chi connectivity index (χ4n) is 4.00. The first-order valence-corrected chi connectivity index (χ1v) is 14.5. The Kier molecular flexibility index (Phi) is 12.4. The molecule has 1 aliphatic heterocycles. The van der Waals surface area contributed by atoms with Crippen LogP contribution in [0.3, 0.4) is 0 Å². The van der Waals surface area contributed by atoms with E-state index in [1.54, 1.807) is 11.8 Å². The van der Waals surface area contributed by atoms with Crippen molar-refractivity contribution < 1.29 is 24.3 Å². The molecular weight excluding hydrogens is 488 g/mol. The Morgan fingerprint density at radius 2 is 1.69 bits per heavy atom. The molecule has 2 rings (SSSR count). The summed E-state index contributed by atoms with van der Waals surface area (Å²) in [4.78, 5) is 52.2. The standard InChI is InChI=1S/C24H36N4O5S2/c1-34-13-10-18(26-21(29)17(25)15-16-7-4-3-5-8-16)23(31)28-12-6-9-20(28)22(30)27-19(24(32)33)11-14-35-2/h3-5,7-8,17-20H,6,9-15,25H2,1-2H3,(H,26,29)(H,27,30)(H,32,33). The normalized spacial score (nSPS) is 17.9. The predicted octanol–water partition coefficient (Wildman–Crippen LogP) is 1.11. The van der Waals surface area contributed by atoms with Crippen LogP contribution in [0.5, 0.6) is 0 Å². The van der Waals surface area contributed by atoms with Crippen molar-refractivity contribution in [2.75, 3.05) is 30.6 Å². The van der Waals surface area contributed by atoms with Crippen LogP contribution in [0, 0.1) is 0 Å². The molecule has 0 aromatic heterocycles. The van der Waals surface area contributed by atoms with Gasteiger partial charge < -0.3 is 26.4 Å². The van der Waals surface area contributed by atoms with Gasteiger partial charge in [0.05, 0.1) is 6.04 Å². The Morgan fingerprint density at radius 1 is 1.06 bits per heavy atom. The second kappa shape index (κ2) is 15.0. The number of likely N-dealkylation sites (tertiary alicyclic amines) is 1. The van der Waals surface area contributed by atoms with Gasteiger partial charge >= 0.3 is 5.97 Å². The molecule has 1 fully saturated rings. The Morgan fingerprint density at radius 3 is 2.29 bits per heavy atom. The van der Waals surface area contributed by atoms with Crippen LogP contribution in [0.25, 0.3) is 0 Å². The molecule has 1 saturated heterocycles. The number of rotatable bonds is 14. The van der Waals surface area contributed by atoms with Gasteiger partial charge in [-0.3, -0.25) is 14.4 Å². The Bertz CT molecular complexity index is 858. The fraction of sp³-hybridized carbons (Fsp3) is 0.583. The molecule has 9 nitrogen and oxygen atoms in total. The molecule has 1 aromatic rings. The number of nitrogens with zero attached hydrogens (tertiary/aromatic N) is 1.